The molecule has 0 atom stereocenters. The molecule has 0 radical (unpaired) electrons. The van der Waals surface area contributed by atoms with E-state index in [1.54, 1.807) is 0 Å². The van der Waals surface area contributed by atoms with Crippen molar-refractivity contribution < 1.29 is 30.0 Å². The Morgan fingerprint density at radius 2 is 0.527 bits per heavy atom. The first-order valence-corrected chi connectivity index (χ1v) is 50.3. The molecule has 30 aromatic rings. The lowest BCUT2D eigenvalue weighted by molar-refractivity contribution is 0.591. The number of rotatable bonds is 11. The molecule has 30 rings (SSSR count). The van der Waals surface area contributed by atoms with E-state index in [9.17, 15) is 5.48 Å². The number of benzene rings is 26. The van der Waals surface area contributed by atoms with Gasteiger partial charge in [0.05, 0.1) is 12.3 Å². The summed E-state index contributed by atoms with van der Waals surface area (Å²) in [5.41, 5.74) is 28.0. The molecule has 0 N–H and O–H groups in total. The Morgan fingerprint density at radius 3 is 1.09 bits per heavy atom. The van der Waals surface area contributed by atoms with Gasteiger partial charge in [-0.25, -0.2) is 0 Å². The molecule has 0 amide bonds. The topological polar surface area (TPSA) is 52.6 Å². The van der Waals surface area contributed by atoms with E-state index in [-0.39, 0.29) is 64.9 Å². The highest BCUT2D eigenvalue weighted by atomic mass is 16.3. The minimum Gasteiger partial charge on any atom is -0.456 e. The average Bonchev–Trinajstić information content (AvgIpc) is 1.06. The summed E-state index contributed by atoms with van der Waals surface area (Å²) in [4.78, 5) is 0. The number of fused-ring (bicyclic) bond motifs is 20. The molecule has 0 aliphatic carbocycles. The van der Waals surface area contributed by atoms with Crippen LogP contribution in [-0.4, -0.2) is 0 Å². The number of hydrogen-bond donors (Lipinski definition) is 0. The summed E-state index contributed by atoms with van der Waals surface area (Å²) in [6.07, 6.45) is 0. The third-order valence-electron chi connectivity index (χ3n) is 29.9. The van der Waals surface area contributed by atoms with Gasteiger partial charge in [-0.3, -0.25) is 0 Å². The zero-order chi connectivity index (χ0) is 106. The van der Waals surface area contributed by atoms with Crippen LogP contribution < -0.4 is 0 Å². The first kappa shape index (κ1) is 77.6. The van der Waals surface area contributed by atoms with Crippen LogP contribution in [0.4, 0.5) is 0 Å². The molecule has 0 bridgehead atoms. The summed E-state index contributed by atoms with van der Waals surface area (Å²) in [6, 6.07) is 159. The van der Waals surface area contributed by atoms with Crippen molar-refractivity contribution in [2.24, 2.45) is 0 Å². The number of hydrogen-bond acceptors (Lipinski definition) is 4. The summed E-state index contributed by atoms with van der Waals surface area (Å²) in [6.45, 7) is 6.48. The van der Waals surface area contributed by atoms with Gasteiger partial charge in [-0.2, -0.15) is 0 Å². The molecule has 0 saturated heterocycles. The van der Waals surface area contributed by atoms with E-state index < -0.39 is 6.04 Å². The standard InChI is InChI=1S/C58H34O2.C48H36O.C38H24O/c1-3-18-39-35(15-1)17-13-26-43(39)56-46-24-7-5-22-44(46)55(45-23-6-8-25-47(45)56)38-31-36-16-2-4-19-40(36)50(34-38)37-32-51-42-21-10-12-30-54(42)60-58(51)52(33-37)49-28-14-27-48-41-20-9-11-29-53(41)59-57(48)49;1-48(2,3)35-26-27-39-41(30-35)45(32-16-8-5-9-17-32)38-19-11-10-18-37(38)44(39)33-22-24-34(25-23-33)46-36(31-14-6-4-7-15-31)28-29-43-47(46)40-20-12-13-21-42(40)49-43;1-2-11-26(12-3-1)36-29-13-4-6-15-31(29)37(32-16-7-5-14-30(32)36)27-23-21-25(22-24-27)28-18-10-20-35-38(28)33-17-8-9-19-34(33)39-35/h1-34H;4-30H,1-3H3;1-24H/i;5D,8D,9D,16D,17D;21D,22D,23D,24D. The van der Waals surface area contributed by atoms with Crippen molar-refractivity contribution in [3.05, 3.63) is 521 Å². The zero-order valence-corrected chi connectivity index (χ0v) is 81.0. The first-order valence-electron chi connectivity index (χ1n) is 54.8. The second-order valence-electron chi connectivity index (χ2n) is 39.3. The zero-order valence-electron chi connectivity index (χ0n) is 90.0. The molecule has 4 heteroatoms. The summed E-state index contributed by atoms with van der Waals surface area (Å²) in [5.74, 6) is 0. The lowest BCUT2D eigenvalue weighted by Gasteiger charge is -2.23. The Kier molecular flexibility index (Phi) is 18.6. The lowest BCUT2D eigenvalue weighted by Crippen LogP contribution is -2.10. The molecule has 4 nitrogen and oxygen atoms in total. The van der Waals surface area contributed by atoms with Gasteiger partial charge < -0.3 is 17.7 Å². The summed E-state index contributed by atoms with van der Waals surface area (Å²) < 4.78 is 107. The van der Waals surface area contributed by atoms with E-state index in [0.29, 0.717) is 33.4 Å². The van der Waals surface area contributed by atoms with E-state index in [1.807, 2.05) is 152 Å². The maximum Gasteiger partial charge on any atom is 0.143 e. The quantitative estimate of drug-likeness (QED) is 0.121. The van der Waals surface area contributed by atoms with Crippen LogP contribution in [0.25, 0.3) is 296 Å². The smallest absolute Gasteiger partial charge is 0.143 e. The van der Waals surface area contributed by atoms with Gasteiger partial charge in [0.15, 0.2) is 0 Å². The van der Waals surface area contributed by atoms with Crippen LogP contribution in [-0.2, 0) is 5.41 Å². The predicted octanol–water partition coefficient (Wildman–Crippen LogP) is 41.5. The third-order valence-corrected chi connectivity index (χ3v) is 29.9. The Bertz CT molecular complexity index is 11000. The summed E-state index contributed by atoms with van der Waals surface area (Å²) in [7, 11) is 0. The molecular weight excluding hydrogens is 1790 g/mol. The molecule has 4 heterocycles. The molecule has 694 valence electrons. The predicted molar refractivity (Wildman–Crippen MR) is 627 cm³/mol. The Labute approximate surface area is 867 Å². The van der Waals surface area contributed by atoms with E-state index in [4.69, 9.17) is 24.5 Å². The molecule has 0 spiro atoms. The Balaban J connectivity index is 0.000000113. The molecule has 148 heavy (non-hydrogen) atoms. The van der Waals surface area contributed by atoms with Crippen LogP contribution in [0.2, 0.25) is 0 Å². The molecular formula is C144H94O4. The van der Waals surface area contributed by atoms with Gasteiger partial charge >= 0.3 is 0 Å². The highest BCUT2D eigenvalue weighted by Gasteiger charge is 2.28. The van der Waals surface area contributed by atoms with Crippen molar-refractivity contribution >= 4 is 174 Å². The van der Waals surface area contributed by atoms with Gasteiger partial charge in [-0.1, -0.05) is 469 Å². The van der Waals surface area contributed by atoms with Crippen LogP contribution >= 0.6 is 0 Å². The van der Waals surface area contributed by atoms with Gasteiger partial charge in [0.1, 0.15) is 44.7 Å². The van der Waals surface area contributed by atoms with Crippen LogP contribution in [0, 0.1) is 0 Å². The minimum atomic E-state index is -0.399. The largest absolute Gasteiger partial charge is 0.456 e. The highest BCUT2D eigenvalue weighted by molar-refractivity contribution is 6.28. The minimum absolute atomic E-state index is 0.0661. The first-order chi connectivity index (χ1) is 76.8. The van der Waals surface area contributed by atoms with Crippen LogP contribution in [0.5, 0.6) is 0 Å². The van der Waals surface area contributed by atoms with Gasteiger partial charge in [0.2, 0.25) is 0 Å². The maximum absolute atomic E-state index is 9.35. The number of para-hydroxylation sites is 5. The molecule has 0 unspecified atom stereocenters. The van der Waals surface area contributed by atoms with Crippen LogP contribution in [0.3, 0.4) is 0 Å². The van der Waals surface area contributed by atoms with Crippen molar-refractivity contribution in [2.75, 3.05) is 0 Å². The van der Waals surface area contributed by atoms with Crippen LogP contribution in [0.15, 0.2) is 533 Å². The average molecular weight is 1900 g/mol. The third kappa shape index (κ3) is 14.6. The Morgan fingerprint density at radius 1 is 0.162 bits per heavy atom. The van der Waals surface area contributed by atoms with Crippen LogP contribution in [0.1, 0.15) is 38.7 Å². The lowest BCUT2D eigenvalue weighted by atomic mass is 9.81. The highest BCUT2D eigenvalue weighted by Crippen LogP contribution is 2.54. The second-order valence-corrected chi connectivity index (χ2v) is 39.3. The second kappa shape index (κ2) is 35.5. The summed E-state index contributed by atoms with van der Waals surface area (Å²) in [5, 5.41) is 25.3. The van der Waals surface area contributed by atoms with Gasteiger partial charge in [0, 0.05) is 59.8 Å². The van der Waals surface area contributed by atoms with E-state index in [2.05, 4.69) is 330 Å². The summed E-state index contributed by atoms with van der Waals surface area (Å²) >= 11 is 0. The van der Waals surface area contributed by atoms with E-state index in [1.165, 1.54) is 70.9 Å². The number of furan rings is 4. The van der Waals surface area contributed by atoms with Crippen molar-refractivity contribution in [2.45, 2.75) is 26.2 Å². The van der Waals surface area contributed by atoms with Crippen molar-refractivity contribution in [1.29, 1.82) is 0 Å². The SMILES string of the molecule is [2H]c1c([2H])c(-c2cccc3oc4ccccc4c23)c([2H])c([2H])c1-c1c2ccccc2c(-c2ccccc2)c2ccccc12.[2H]c1c([2H])c([2H])c(-c2c3ccccc3c(-c3ccc(-c4c(-c5ccccc5)ccc5oc6ccccc6c45)cc3)c3ccc(C(C)(C)C)cc23)c([2H])c1[2H].c1ccc2c(-c3cc(-c4cccc5c4oc4ccccc45)c4oc5ccccc5c4c3)cc(-c3c4ccccc4c(-c4cccc5ccccc45)c4ccccc34)cc2c1. The molecule has 0 fully saturated rings. The van der Waals surface area contributed by atoms with Crippen molar-refractivity contribution in [3.63, 3.8) is 0 Å². The monoisotopic (exact) mass is 1900 g/mol. The fourth-order valence-corrected chi connectivity index (χ4v) is 23.3. The van der Waals surface area contributed by atoms with E-state index >= 15 is 0 Å². The molecule has 0 aliphatic rings. The fraction of sp³-hybridized carbons (Fsp3) is 0.0278. The normalized spacial score (nSPS) is 12.7. The van der Waals surface area contributed by atoms with Gasteiger partial charge in [0.25, 0.3) is 0 Å². The molecule has 4 aromatic heterocycles. The molecule has 0 saturated carbocycles. The molecule has 0 aliphatic heterocycles. The van der Waals surface area contributed by atoms with Crippen molar-refractivity contribution in [1.82, 2.24) is 0 Å². The maximum atomic E-state index is 9.35. The van der Waals surface area contributed by atoms with Gasteiger partial charge in [-0.05, 0) is 270 Å². The Hall–Kier alpha value is -19.0. The van der Waals surface area contributed by atoms with Crippen molar-refractivity contribution in [3.8, 4) is 122 Å². The van der Waals surface area contributed by atoms with E-state index in [0.717, 1.165) is 186 Å². The van der Waals surface area contributed by atoms with Gasteiger partial charge in [-0.15, -0.1) is 0 Å². The molecule has 26 aromatic carbocycles. The fourth-order valence-electron chi connectivity index (χ4n) is 23.3.